The molecule has 0 saturated carbocycles. The second kappa shape index (κ2) is 5.85. The third-order valence-electron chi connectivity index (χ3n) is 3.22. The van der Waals surface area contributed by atoms with Crippen molar-refractivity contribution in [1.82, 2.24) is 9.80 Å². The van der Waals surface area contributed by atoms with Gasteiger partial charge >= 0.3 is 0 Å². The number of benzene rings is 2. The van der Waals surface area contributed by atoms with Crippen LogP contribution < -0.4 is 0 Å². The van der Waals surface area contributed by atoms with Crippen LogP contribution in [-0.4, -0.2) is 43.4 Å². The van der Waals surface area contributed by atoms with E-state index in [1.165, 1.54) is 16.3 Å². The number of amides is 1. The number of rotatable bonds is 4. The summed E-state index contributed by atoms with van der Waals surface area (Å²) in [5.41, 5.74) is 1.26. The molecular formula is C16H20N2O. The van der Waals surface area contributed by atoms with Crippen molar-refractivity contribution in [2.24, 2.45) is 0 Å². The largest absolute Gasteiger partial charge is 0.348 e. The lowest BCUT2D eigenvalue weighted by molar-refractivity contribution is -0.129. The average molecular weight is 256 g/mol. The Kier molecular flexibility index (Phi) is 4.17. The fourth-order valence-electron chi connectivity index (χ4n) is 2.15. The second-order valence-electron chi connectivity index (χ2n) is 5.10. The minimum Gasteiger partial charge on any atom is -0.348 e. The van der Waals surface area contributed by atoms with Crippen LogP contribution in [0.5, 0.6) is 0 Å². The summed E-state index contributed by atoms with van der Waals surface area (Å²) in [6, 6.07) is 14.7. The molecule has 0 N–H and O–H groups in total. The van der Waals surface area contributed by atoms with E-state index in [0.717, 1.165) is 6.54 Å². The zero-order chi connectivity index (χ0) is 13.8. The van der Waals surface area contributed by atoms with Gasteiger partial charge in [0.05, 0.1) is 6.54 Å². The Balaban J connectivity index is 2.15. The van der Waals surface area contributed by atoms with Gasteiger partial charge in [0.15, 0.2) is 0 Å². The predicted octanol–water partition coefficient (Wildman–Crippen LogP) is 2.36. The number of likely N-dealkylation sites (N-methyl/N-ethyl adjacent to an activating group) is 2. The summed E-state index contributed by atoms with van der Waals surface area (Å²) in [6.45, 7) is 1.22. The Bertz CT molecular complexity index is 572. The molecule has 0 spiro atoms. The van der Waals surface area contributed by atoms with E-state index >= 15 is 0 Å². The number of hydrogen-bond donors (Lipinski definition) is 0. The molecule has 2 aromatic carbocycles. The Hall–Kier alpha value is -1.87. The topological polar surface area (TPSA) is 23.6 Å². The van der Waals surface area contributed by atoms with Crippen molar-refractivity contribution in [3.05, 3.63) is 48.0 Å². The van der Waals surface area contributed by atoms with E-state index in [4.69, 9.17) is 0 Å². The summed E-state index contributed by atoms with van der Waals surface area (Å²) in [4.78, 5) is 15.4. The molecule has 0 atom stereocenters. The number of hydrogen-bond acceptors (Lipinski definition) is 2. The van der Waals surface area contributed by atoms with Gasteiger partial charge in [-0.05, 0) is 23.4 Å². The lowest BCUT2D eigenvalue weighted by Crippen LogP contribution is -2.34. The van der Waals surface area contributed by atoms with E-state index in [1.807, 2.05) is 18.0 Å². The summed E-state index contributed by atoms with van der Waals surface area (Å²) >= 11 is 0. The molecule has 0 radical (unpaired) electrons. The van der Waals surface area contributed by atoms with Crippen LogP contribution in [0.1, 0.15) is 5.56 Å². The first-order valence-corrected chi connectivity index (χ1v) is 6.43. The Morgan fingerprint density at radius 2 is 1.68 bits per heavy atom. The first-order chi connectivity index (χ1) is 9.08. The third kappa shape index (κ3) is 3.32. The van der Waals surface area contributed by atoms with Crippen molar-refractivity contribution in [2.75, 3.05) is 27.7 Å². The van der Waals surface area contributed by atoms with E-state index in [1.54, 1.807) is 19.0 Å². The number of carbonyl (C=O) groups is 1. The minimum atomic E-state index is 0.128. The molecule has 0 unspecified atom stereocenters. The van der Waals surface area contributed by atoms with Crippen LogP contribution in [0.4, 0.5) is 0 Å². The van der Waals surface area contributed by atoms with Crippen LogP contribution in [-0.2, 0) is 11.3 Å². The van der Waals surface area contributed by atoms with Gasteiger partial charge in [0.2, 0.25) is 5.91 Å². The minimum absolute atomic E-state index is 0.128. The van der Waals surface area contributed by atoms with Crippen molar-refractivity contribution in [1.29, 1.82) is 0 Å². The molecule has 0 bridgehead atoms. The lowest BCUT2D eigenvalue weighted by Gasteiger charge is -2.19. The predicted molar refractivity (Wildman–Crippen MR) is 79.0 cm³/mol. The molecule has 0 aliphatic rings. The number of nitrogens with zero attached hydrogens (tertiary/aromatic N) is 2. The highest BCUT2D eigenvalue weighted by Crippen LogP contribution is 2.19. The van der Waals surface area contributed by atoms with Crippen LogP contribution in [0, 0.1) is 0 Å². The first-order valence-electron chi connectivity index (χ1n) is 6.43. The van der Waals surface area contributed by atoms with Gasteiger partial charge in [0.25, 0.3) is 0 Å². The molecule has 1 amide bonds. The monoisotopic (exact) mass is 256 g/mol. The smallest absolute Gasteiger partial charge is 0.236 e. The highest BCUT2D eigenvalue weighted by molar-refractivity contribution is 5.85. The highest BCUT2D eigenvalue weighted by atomic mass is 16.2. The second-order valence-corrected chi connectivity index (χ2v) is 5.10. The van der Waals surface area contributed by atoms with Crippen LogP contribution in [0.2, 0.25) is 0 Å². The molecule has 2 aromatic rings. The fourth-order valence-corrected chi connectivity index (χ4v) is 2.15. The molecule has 0 aliphatic heterocycles. The molecule has 100 valence electrons. The quantitative estimate of drug-likeness (QED) is 0.838. The fraction of sp³-hybridized carbons (Fsp3) is 0.312. The molecule has 0 saturated heterocycles. The third-order valence-corrected chi connectivity index (χ3v) is 3.22. The number of carbonyl (C=O) groups excluding carboxylic acids is 1. The summed E-state index contributed by atoms with van der Waals surface area (Å²) in [5.74, 6) is 0.128. The molecular weight excluding hydrogens is 236 g/mol. The molecule has 0 heterocycles. The van der Waals surface area contributed by atoms with Crippen molar-refractivity contribution < 1.29 is 4.79 Å². The summed E-state index contributed by atoms with van der Waals surface area (Å²) in [6.07, 6.45) is 0. The van der Waals surface area contributed by atoms with Crippen molar-refractivity contribution in [3.8, 4) is 0 Å². The van der Waals surface area contributed by atoms with Crippen molar-refractivity contribution >= 4 is 16.7 Å². The van der Waals surface area contributed by atoms with Gasteiger partial charge < -0.3 is 4.90 Å². The first kappa shape index (κ1) is 13.6. The van der Waals surface area contributed by atoms with Crippen LogP contribution in [0.15, 0.2) is 42.5 Å². The highest BCUT2D eigenvalue weighted by Gasteiger charge is 2.10. The van der Waals surface area contributed by atoms with Crippen molar-refractivity contribution in [2.45, 2.75) is 6.54 Å². The van der Waals surface area contributed by atoms with Gasteiger partial charge in [0.1, 0.15) is 0 Å². The molecule has 0 aliphatic carbocycles. The standard InChI is InChI=1S/C16H20N2O/c1-17(2)16(19)12-18(3)11-14-9-6-8-13-7-4-5-10-15(13)14/h4-10H,11-12H2,1-3H3. The van der Waals surface area contributed by atoms with Crippen LogP contribution in [0.25, 0.3) is 10.8 Å². The molecule has 0 aromatic heterocycles. The van der Waals surface area contributed by atoms with Gasteiger partial charge in [-0.15, -0.1) is 0 Å². The summed E-state index contributed by atoms with van der Waals surface area (Å²) in [5, 5.41) is 2.50. The van der Waals surface area contributed by atoms with Gasteiger partial charge in [-0.2, -0.15) is 0 Å². The van der Waals surface area contributed by atoms with Crippen LogP contribution >= 0.6 is 0 Å². The maximum atomic E-state index is 11.7. The molecule has 2 rings (SSSR count). The van der Waals surface area contributed by atoms with Crippen LogP contribution in [0.3, 0.4) is 0 Å². The van der Waals surface area contributed by atoms with Gasteiger partial charge in [-0.3, -0.25) is 9.69 Å². The number of fused-ring (bicyclic) bond motifs is 1. The molecule has 3 nitrogen and oxygen atoms in total. The zero-order valence-electron chi connectivity index (χ0n) is 11.8. The van der Waals surface area contributed by atoms with E-state index < -0.39 is 0 Å². The Labute approximate surface area is 114 Å². The normalized spacial score (nSPS) is 10.9. The van der Waals surface area contributed by atoms with E-state index in [2.05, 4.69) is 36.4 Å². The lowest BCUT2D eigenvalue weighted by atomic mass is 10.0. The molecule has 3 heteroatoms. The van der Waals surface area contributed by atoms with Gasteiger partial charge in [-0.25, -0.2) is 0 Å². The molecule has 0 fully saturated rings. The van der Waals surface area contributed by atoms with E-state index in [9.17, 15) is 4.79 Å². The molecule has 19 heavy (non-hydrogen) atoms. The maximum Gasteiger partial charge on any atom is 0.236 e. The van der Waals surface area contributed by atoms with Crippen molar-refractivity contribution in [3.63, 3.8) is 0 Å². The van der Waals surface area contributed by atoms with E-state index in [0.29, 0.717) is 6.54 Å². The Morgan fingerprint density at radius 1 is 1.00 bits per heavy atom. The summed E-state index contributed by atoms with van der Waals surface area (Å²) in [7, 11) is 5.55. The van der Waals surface area contributed by atoms with Gasteiger partial charge in [0, 0.05) is 20.6 Å². The zero-order valence-corrected chi connectivity index (χ0v) is 11.8. The summed E-state index contributed by atoms with van der Waals surface area (Å²) < 4.78 is 0. The van der Waals surface area contributed by atoms with Gasteiger partial charge in [-0.1, -0.05) is 42.5 Å². The Morgan fingerprint density at radius 3 is 2.42 bits per heavy atom. The van der Waals surface area contributed by atoms with E-state index in [-0.39, 0.29) is 5.91 Å². The maximum absolute atomic E-state index is 11.7. The average Bonchev–Trinajstić information content (AvgIpc) is 2.39. The SMILES string of the molecule is CN(CC(=O)N(C)C)Cc1cccc2ccccc12.